The number of carbonyl (C=O) groups excluding carboxylic acids is 1. The molecule has 1 aromatic rings. The lowest BCUT2D eigenvalue weighted by atomic mass is 9.95. The van der Waals surface area contributed by atoms with Gasteiger partial charge in [0.1, 0.15) is 5.82 Å². The topological polar surface area (TPSA) is 58.4 Å². The molecule has 1 fully saturated rings. The lowest BCUT2D eigenvalue weighted by molar-refractivity contribution is -0.125. The molecule has 4 nitrogen and oxygen atoms in total. The highest BCUT2D eigenvalue weighted by Crippen LogP contribution is 2.32. The molecule has 1 saturated heterocycles. The van der Waals surface area contributed by atoms with Crippen LogP contribution in [-0.2, 0) is 4.79 Å². The summed E-state index contributed by atoms with van der Waals surface area (Å²) in [7, 11) is 1.66. The third kappa shape index (κ3) is 3.00. The Hall–Kier alpha value is -1.30. The van der Waals surface area contributed by atoms with E-state index in [1.165, 1.54) is 6.07 Å². The van der Waals surface area contributed by atoms with Gasteiger partial charge in [-0.3, -0.25) is 4.79 Å². The molecule has 0 radical (unpaired) electrons. The molecule has 0 atom stereocenters. The highest BCUT2D eigenvalue weighted by Gasteiger charge is 2.25. The maximum Gasteiger partial charge on any atom is 0.222 e. The first kappa shape index (κ1) is 14.1. The quantitative estimate of drug-likeness (QED) is 0.817. The van der Waals surface area contributed by atoms with Crippen molar-refractivity contribution < 1.29 is 9.18 Å². The maximum absolute atomic E-state index is 13.3. The van der Waals surface area contributed by atoms with Crippen LogP contribution in [0.2, 0.25) is 0 Å². The van der Waals surface area contributed by atoms with Gasteiger partial charge in [0.25, 0.3) is 0 Å². The van der Waals surface area contributed by atoms with E-state index in [4.69, 9.17) is 5.73 Å². The second-order valence-corrected chi connectivity index (χ2v) is 5.56. The first-order valence-electron chi connectivity index (χ1n) is 6.24. The van der Waals surface area contributed by atoms with Gasteiger partial charge in [0.05, 0.1) is 15.8 Å². The SMILES string of the molecule is CNC(=O)C1CCN(c2cc(Br)c(F)cc2N)CC1. The highest BCUT2D eigenvalue weighted by atomic mass is 79.9. The molecule has 104 valence electrons. The number of nitrogens with two attached hydrogens (primary N) is 1. The van der Waals surface area contributed by atoms with Crippen molar-refractivity contribution in [2.45, 2.75) is 12.8 Å². The smallest absolute Gasteiger partial charge is 0.222 e. The molecule has 19 heavy (non-hydrogen) atoms. The Kier molecular flexibility index (Phi) is 4.29. The van der Waals surface area contributed by atoms with Crippen molar-refractivity contribution >= 4 is 33.2 Å². The van der Waals surface area contributed by atoms with Gasteiger partial charge in [-0.2, -0.15) is 0 Å². The summed E-state index contributed by atoms with van der Waals surface area (Å²) in [4.78, 5) is 13.7. The molecule has 1 amide bonds. The number of amides is 1. The number of benzene rings is 1. The number of rotatable bonds is 2. The number of nitrogen functional groups attached to an aromatic ring is 1. The molecule has 1 aliphatic heterocycles. The molecule has 0 spiro atoms. The van der Waals surface area contributed by atoms with Gasteiger partial charge in [-0.15, -0.1) is 0 Å². The third-order valence-electron chi connectivity index (χ3n) is 3.52. The summed E-state index contributed by atoms with van der Waals surface area (Å²) in [5, 5.41) is 2.68. The van der Waals surface area contributed by atoms with E-state index in [0.717, 1.165) is 31.6 Å². The van der Waals surface area contributed by atoms with Crippen LogP contribution in [0.15, 0.2) is 16.6 Å². The first-order valence-corrected chi connectivity index (χ1v) is 7.03. The molecule has 1 aliphatic rings. The Balaban J connectivity index is 2.10. The predicted octanol–water partition coefficient (Wildman–Crippen LogP) is 2.13. The van der Waals surface area contributed by atoms with Crippen LogP contribution in [0, 0.1) is 11.7 Å². The van der Waals surface area contributed by atoms with E-state index in [2.05, 4.69) is 26.1 Å². The van der Waals surface area contributed by atoms with Crippen LogP contribution in [-0.4, -0.2) is 26.0 Å². The van der Waals surface area contributed by atoms with Crippen molar-refractivity contribution in [3.8, 4) is 0 Å². The Labute approximate surface area is 120 Å². The van der Waals surface area contributed by atoms with Gasteiger partial charge in [0.2, 0.25) is 5.91 Å². The molecule has 1 aromatic carbocycles. The van der Waals surface area contributed by atoms with Gasteiger partial charge in [-0.1, -0.05) is 0 Å². The lowest BCUT2D eigenvalue weighted by Gasteiger charge is -2.33. The Morgan fingerprint density at radius 1 is 1.47 bits per heavy atom. The average molecular weight is 330 g/mol. The predicted molar refractivity (Wildman–Crippen MR) is 77.5 cm³/mol. The van der Waals surface area contributed by atoms with E-state index in [9.17, 15) is 9.18 Å². The first-order chi connectivity index (χ1) is 9.02. The summed E-state index contributed by atoms with van der Waals surface area (Å²) in [6.07, 6.45) is 1.57. The molecule has 2 rings (SSSR count). The van der Waals surface area contributed by atoms with E-state index >= 15 is 0 Å². The van der Waals surface area contributed by atoms with E-state index in [1.807, 2.05) is 0 Å². The van der Waals surface area contributed by atoms with Crippen LogP contribution in [0.25, 0.3) is 0 Å². The monoisotopic (exact) mass is 329 g/mol. The van der Waals surface area contributed by atoms with E-state index in [0.29, 0.717) is 10.2 Å². The standard InChI is InChI=1S/C13H17BrFN3O/c1-17-13(19)8-2-4-18(5-3-8)12-6-9(14)10(15)7-11(12)16/h6-8H,2-5,16H2,1H3,(H,17,19). The summed E-state index contributed by atoms with van der Waals surface area (Å²) in [6.45, 7) is 1.50. The summed E-state index contributed by atoms with van der Waals surface area (Å²) in [5.74, 6) is -0.208. The normalized spacial score (nSPS) is 16.5. The lowest BCUT2D eigenvalue weighted by Crippen LogP contribution is -2.39. The van der Waals surface area contributed by atoms with Crippen LogP contribution in [0.3, 0.4) is 0 Å². The minimum Gasteiger partial charge on any atom is -0.397 e. The minimum atomic E-state index is -0.360. The summed E-state index contributed by atoms with van der Waals surface area (Å²) in [6, 6.07) is 3.02. The van der Waals surface area contributed by atoms with Crippen molar-refractivity contribution in [2.75, 3.05) is 30.8 Å². The van der Waals surface area contributed by atoms with Crippen molar-refractivity contribution in [3.05, 3.63) is 22.4 Å². The number of halogens is 2. The molecular formula is C13H17BrFN3O. The molecule has 6 heteroatoms. The highest BCUT2D eigenvalue weighted by molar-refractivity contribution is 9.10. The largest absolute Gasteiger partial charge is 0.397 e. The summed E-state index contributed by atoms with van der Waals surface area (Å²) < 4.78 is 13.7. The van der Waals surface area contributed by atoms with Crippen LogP contribution in [0.1, 0.15) is 12.8 Å². The molecule has 1 heterocycles. The fraction of sp³-hybridized carbons (Fsp3) is 0.462. The number of anilines is 2. The number of nitrogens with one attached hydrogen (secondary N) is 1. The second-order valence-electron chi connectivity index (χ2n) is 4.70. The maximum atomic E-state index is 13.3. The van der Waals surface area contributed by atoms with Crippen LogP contribution < -0.4 is 16.0 Å². The van der Waals surface area contributed by atoms with Crippen molar-refractivity contribution in [2.24, 2.45) is 5.92 Å². The zero-order chi connectivity index (χ0) is 14.0. The zero-order valence-corrected chi connectivity index (χ0v) is 12.3. The van der Waals surface area contributed by atoms with Crippen LogP contribution >= 0.6 is 15.9 Å². The van der Waals surface area contributed by atoms with E-state index < -0.39 is 0 Å². The van der Waals surface area contributed by atoms with Gasteiger partial charge in [0.15, 0.2) is 0 Å². The number of hydrogen-bond donors (Lipinski definition) is 2. The van der Waals surface area contributed by atoms with Crippen LogP contribution in [0.4, 0.5) is 15.8 Å². The van der Waals surface area contributed by atoms with E-state index in [1.54, 1.807) is 13.1 Å². The zero-order valence-electron chi connectivity index (χ0n) is 10.7. The minimum absolute atomic E-state index is 0.0614. The summed E-state index contributed by atoms with van der Waals surface area (Å²) in [5.41, 5.74) is 7.11. The van der Waals surface area contributed by atoms with Crippen molar-refractivity contribution in [3.63, 3.8) is 0 Å². The Bertz CT molecular complexity index is 487. The van der Waals surface area contributed by atoms with Crippen molar-refractivity contribution in [1.82, 2.24) is 5.32 Å². The van der Waals surface area contributed by atoms with E-state index in [-0.39, 0.29) is 17.6 Å². The number of carbonyl (C=O) groups is 1. The summed E-state index contributed by atoms with van der Waals surface area (Å²) >= 11 is 3.17. The molecular weight excluding hydrogens is 313 g/mol. The molecule has 3 N–H and O–H groups in total. The average Bonchev–Trinajstić information content (AvgIpc) is 2.42. The molecule has 0 unspecified atom stereocenters. The Morgan fingerprint density at radius 2 is 2.11 bits per heavy atom. The molecule has 0 aromatic heterocycles. The van der Waals surface area contributed by atoms with Gasteiger partial charge in [-0.25, -0.2) is 4.39 Å². The number of nitrogens with zero attached hydrogens (tertiary/aromatic N) is 1. The van der Waals surface area contributed by atoms with Crippen molar-refractivity contribution in [1.29, 1.82) is 0 Å². The number of piperidine rings is 1. The fourth-order valence-electron chi connectivity index (χ4n) is 2.41. The molecule has 0 bridgehead atoms. The third-order valence-corrected chi connectivity index (χ3v) is 4.13. The van der Waals surface area contributed by atoms with Gasteiger partial charge >= 0.3 is 0 Å². The number of hydrogen-bond acceptors (Lipinski definition) is 3. The van der Waals surface area contributed by atoms with Gasteiger partial charge in [0, 0.05) is 32.1 Å². The second kappa shape index (κ2) is 5.77. The molecule has 0 aliphatic carbocycles. The Morgan fingerprint density at radius 3 is 2.68 bits per heavy atom. The molecule has 0 saturated carbocycles. The van der Waals surface area contributed by atoms with Gasteiger partial charge < -0.3 is 16.0 Å². The van der Waals surface area contributed by atoms with Crippen LogP contribution in [0.5, 0.6) is 0 Å². The fourth-order valence-corrected chi connectivity index (χ4v) is 2.74. The van der Waals surface area contributed by atoms with Gasteiger partial charge in [-0.05, 0) is 34.8 Å².